The van der Waals surface area contributed by atoms with Gasteiger partial charge in [0.1, 0.15) is 0 Å². The summed E-state index contributed by atoms with van der Waals surface area (Å²) in [5.74, 6) is 2.56. The van der Waals surface area contributed by atoms with E-state index in [1.807, 2.05) is 0 Å². The molecule has 2 aromatic rings. The zero-order valence-corrected chi connectivity index (χ0v) is 17.5. The Hall–Kier alpha value is -2.20. The molecule has 3 aliphatic rings. The Labute approximate surface area is 174 Å². The predicted molar refractivity (Wildman–Crippen MR) is 118 cm³/mol. The maximum Gasteiger partial charge on any atom is 0.163 e. The lowest BCUT2D eigenvalue weighted by atomic mass is 9.94. The third-order valence-corrected chi connectivity index (χ3v) is 6.53. The van der Waals surface area contributed by atoms with Crippen LogP contribution in [-0.4, -0.2) is 44.8 Å². The van der Waals surface area contributed by atoms with Gasteiger partial charge in [-0.25, -0.2) is 0 Å². The first-order valence-electron chi connectivity index (χ1n) is 11.2. The number of methoxy groups -OCH3 is 1. The molecule has 0 N–H and O–H groups in total. The summed E-state index contributed by atoms with van der Waals surface area (Å²) < 4.78 is 11.9. The van der Waals surface area contributed by atoms with Crippen molar-refractivity contribution in [1.29, 1.82) is 0 Å². The number of para-hydroxylation sites is 1. The zero-order chi connectivity index (χ0) is 19.6. The normalized spacial score (nSPS) is 18.4. The highest BCUT2D eigenvalue weighted by atomic mass is 16.5. The van der Waals surface area contributed by atoms with Crippen LogP contribution < -0.4 is 14.4 Å². The molecule has 0 unspecified atom stereocenters. The molecule has 4 heteroatoms. The molecule has 154 valence electrons. The fraction of sp³-hybridized carbons (Fsp3) is 0.520. The van der Waals surface area contributed by atoms with Crippen molar-refractivity contribution in [3.8, 4) is 11.5 Å². The molecule has 0 atom stereocenters. The number of hydrogen-bond donors (Lipinski definition) is 0. The van der Waals surface area contributed by atoms with Crippen LogP contribution in [0, 0.1) is 5.92 Å². The summed E-state index contributed by atoms with van der Waals surface area (Å²) in [7, 11) is 1.75. The molecular weight excluding hydrogens is 360 g/mol. The predicted octanol–water partition coefficient (Wildman–Crippen LogP) is 5.01. The van der Waals surface area contributed by atoms with Gasteiger partial charge >= 0.3 is 0 Å². The zero-order valence-electron chi connectivity index (χ0n) is 17.5. The van der Waals surface area contributed by atoms with E-state index in [9.17, 15) is 0 Å². The number of nitrogens with zero attached hydrogens (tertiary/aromatic N) is 2. The number of likely N-dealkylation sites (tertiary alicyclic amines) is 1. The summed E-state index contributed by atoms with van der Waals surface area (Å²) in [5.41, 5.74) is 5.40. The first-order valence-corrected chi connectivity index (χ1v) is 11.2. The second-order valence-electron chi connectivity index (χ2n) is 8.74. The molecule has 0 amide bonds. The van der Waals surface area contributed by atoms with Gasteiger partial charge < -0.3 is 19.3 Å². The average molecular weight is 393 g/mol. The largest absolute Gasteiger partial charge is 0.493 e. The van der Waals surface area contributed by atoms with Gasteiger partial charge in [0, 0.05) is 37.0 Å². The molecule has 2 aliphatic heterocycles. The molecule has 1 aliphatic carbocycles. The summed E-state index contributed by atoms with van der Waals surface area (Å²) in [6, 6.07) is 13.2. The van der Waals surface area contributed by atoms with E-state index in [1.165, 1.54) is 61.3 Å². The second kappa shape index (κ2) is 8.27. The molecule has 29 heavy (non-hydrogen) atoms. The van der Waals surface area contributed by atoms with Crippen LogP contribution in [0.4, 0.5) is 11.4 Å². The van der Waals surface area contributed by atoms with Crippen LogP contribution in [0.15, 0.2) is 36.4 Å². The van der Waals surface area contributed by atoms with Crippen molar-refractivity contribution >= 4 is 11.4 Å². The lowest BCUT2D eigenvalue weighted by Crippen LogP contribution is -2.26. The van der Waals surface area contributed by atoms with Crippen molar-refractivity contribution in [3.63, 3.8) is 0 Å². The van der Waals surface area contributed by atoms with Gasteiger partial charge in [-0.15, -0.1) is 0 Å². The van der Waals surface area contributed by atoms with E-state index in [0.717, 1.165) is 50.0 Å². The molecule has 0 radical (unpaired) electrons. The highest BCUT2D eigenvalue weighted by molar-refractivity contribution is 5.76. The Morgan fingerprint density at radius 3 is 2.59 bits per heavy atom. The SMILES string of the molecule is COc1cc2c(cc1OCCCN1CCCC1)N(CC1CC1)c1ccccc1C2. The Bertz CT molecular complexity index is 856. The Morgan fingerprint density at radius 2 is 1.79 bits per heavy atom. The fourth-order valence-corrected chi connectivity index (χ4v) is 4.75. The number of ether oxygens (including phenoxy) is 2. The first kappa shape index (κ1) is 18.8. The lowest BCUT2D eigenvalue weighted by molar-refractivity contribution is 0.254. The minimum atomic E-state index is 0.741. The van der Waals surface area contributed by atoms with Crippen molar-refractivity contribution in [1.82, 2.24) is 4.90 Å². The quantitative estimate of drug-likeness (QED) is 0.590. The molecule has 0 bridgehead atoms. The first-order chi connectivity index (χ1) is 14.3. The van der Waals surface area contributed by atoms with Crippen LogP contribution in [-0.2, 0) is 6.42 Å². The van der Waals surface area contributed by atoms with Gasteiger partial charge in [-0.1, -0.05) is 18.2 Å². The van der Waals surface area contributed by atoms with Gasteiger partial charge in [0.25, 0.3) is 0 Å². The molecule has 0 aromatic heterocycles. The fourth-order valence-electron chi connectivity index (χ4n) is 4.75. The highest BCUT2D eigenvalue weighted by Gasteiger charge is 2.30. The Balaban J connectivity index is 1.36. The molecule has 2 fully saturated rings. The van der Waals surface area contributed by atoms with Crippen LogP contribution in [0.25, 0.3) is 0 Å². The van der Waals surface area contributed by atoms with Crippen molar-refractivity contribution in [2.45, 2.75) is 38.5 Å². The number of anilines is 2. The molecule has 1 saturated heterocycles. The van der Waals surface area contributed by atoms with Crippen LogP contribution in [0.1, 0.15) is 43.2 Å². The summed E-state index contributed by atoms with van der Waals surface area (Å²) in [4.78, 5) is 5.06. The summed E-state index contributed by atoms with van der Waals surface area (Å²) in [6.45, 7) is 5.47. The lowest BCUT2D eigenvalue weighted by Gasteiger charge is -2.34. The average Bonchev–Trinajstić information content (AvgIpc) is 3.42. The van der Waals surface area contributed by atoms with Gasteiger partial charge in [0.2, 0.25) is 0 Å². The molecule has 2 heterocycles. The van der Waals surface area contributed by atoms with Crippen molar-refractivity contribution in [2.75, 3.05) is 44.8 Å². The summed E-state index contributed by atoms with van der Waals surface area (Å²) >= 11 is 0. The second-order valence-corrected chi connectivity index (χ2v) is 8.74. The molecule has 1 saturated carbocycles. The Morgan fingerprint density at radius 1 is 0.966 bits per heavy atom. The highest BCUT2D eigenvalue weighted by Crippen LogP contribution is 2.45. The minimum Gasteiger partial charge on any atom is -0.493 e. The number of hydrogen-bond acceptors (Lipinski definition) is 4. The molecule has 4 nitrogen and oxygen atoms in total. The van der Waals surface area contributed by atoms with Crippen LogP contribution in [0.2, 0.25) is 0 Å². The number of rotatable bonds is 8. The topological polar surface area (TPSA) is 24.9 Å². The maximum absolute atomic E-state index is 6.23. The molecule has 5 rings (SSSR count). The van der Waals surface area contributed by atoms with E-state index >= 15 is 0 Å². The maximum atomic E-state index is 6.23. The number of benzene rings is 2. The van der Waals surface area contributed by atoms with Gasteiger partial charge in [-0.2, -0.15) is 0 Å². The van der Waals surface area contributed by atoms with Gasteiger partial charge in [-0.05, 0) is 74.4 Å². The van der Waals surface area contributed by atoms with Gasteiger partial charge in [0.15, 0.2) is 11.5 Å². The van der Waals surface area contributed by atoms with E-state index in [0.29, 0.717) is 0 Å². The van der Waals surface area contributed by atoms with E-state index in [4.69, 9.17) is 9.47 Å². The smallest absolute Gasteiger partial charge is 0.163 e. The third kappa shape index (κ3) is 4.09. The minimum absolute atomic E-state index is 0.741. The van der Waals surface area contributed by atoms with Crippen molar-refractivity contribution in [3.05, 3.63) is 47.5 Å². The van der Waals surface area contributed by atoms with Crippen molar-refractivity contribution < 1.29 is 9.47 Å². The molecule has 2 aromatic carbocycles. The van der Waals surface area contributed by atoms with E-state index in [-0.39, 0.29) is 0 Å². The van der Waals surface area contributed by atoms with E-state index in [2.05, 4.69) is 46.2 Å². The summed E-state index contributed by atoms with van der Waals surface area (Å²) in [6.07, 6.45) is 7.41. The van der Waals surface area contributed by atoms with Crippen LogP contribution in [0.3, 0.4) is 0 Å². The summed E-state index contributed by atoms with van der Waals surface area (Å²) in [5, 5.41) is 0. The van der Waals surface area contributed by atoms with E-state index < -0.39 is 0 Å². The third-order valence-electron chi connectivity index (χ3n) is 6.53. The number of fused-ring (bicyclic) bond motifs is 2. The van der Waals surface area contributed by atoms with Crippen LogP contribution in [0.5, 0.6) is 11.5 Å². The van der Waals surface area contributed by atoms with E-state index in [1.54, 1.807) is 7.11 Å². The van der Waals surface area contributed by atoms with Crippen molar-refractivity contribution in [2.24, 2.45) is 5.92 Å². The monoisotopic (exact) mass is 392 g/mol. The Kier molecular flexibility index (Phi) is 5.36. The molecule has 0 spiro atoms. The standard InChI is InChI=1S/C25H32N2O2/c1-28-24-16-21-15-20-7-2-3-8-22(20)27(18-19-9-10-19)23(21)17-25(24)29-14-6-13-26-11-4-5-12-26/h2-3,7-8,16-17,19H,4-6,9-15,18H2,1H3. The van der Waals surface area contributed by atoms with Gasteiger partial charge in [0.05, 0.1) is 13.7 Å². The van der Waals surface area contributed by atoms with Gasteiger partial charge in [-0.3, -0.25) is 0 Å². The van der Waals surface area contributed by atoms with Crippen LogP contribution >= 0.6 is 0 Å². The molecular formula is C25H32N2O2.